The summed E-state index contributed by atoms with van der Waals surface area (Å²) < 4.78 is 2.29. The lowest BCUT2D eigenvalue weighted by Crippen LogP contribution is -2.46. The molecule has 1 aliphatic rings. The molecule has 0 radical (unpaired) electrons. The SMILES string of the molecule is Cc1cnc(CCNC(=O)NC(C)(C)C)n1CC1CC1. The number of nitrogens with one attached hydrogen (secondary N) is 2. The maximum absolute atomic E-state index is 11.7. The first-order valence-corrected chi connectivity index (χ1v) is 7.42. The van der Waals surface area contributed by atoms with Gasteiger partial charge >= 0.3 is 6.03 Å². The number of aryl methyl sites for hydroxylation is 1. The first kappa shape index (κ1) is 14.9. The fraction of sp³-hybridized carbons (Fsp3) is 0.733. The van der Waals surface area contributed by atoms with Crippen LogP contribution in [0.4, 0.5) is 4.79 Å². The topological polar surface area (TPSA) is 59.0 Å². The van der Waals surface area contributed by atoms with Crippen molar-refractivity contribution in [1.82, 2.24) is 20.2 Å². The van der Waals surface area contributed by atoms with Crippen molar-refractivity contribution in [3.05, 3.63) is 17.7 Å². The summed E-state index contributed by atoms with van der Waals surface area (Å²) in [6.45, 7) is 9.70. The molecule has 0 spiro atoms. The van der Waals surface area contributed by atoms with Gasteiger partial charge in [0.05, 0.1) is 0 Å². The Kier molecular flexibility index (Phi) is 4.35. The van der Waals surface area contributed by atoms with Crippen LogP contribution >= 0.6 is 0 Å². The lowest BCUT2D eigenvalue weighted by Gasteiger charge is -2.20. The van der Waals surface area contributed by atoms with Crippen molar-refractivity contribution in [3.8, 4) is 0 Å². The maximum Gasteiger partial charge on any atom is 0.315 e. The summed E-state index contributed by atoms with van der Waals surface area (Å²) in [5, 5.41) is 5.78. The van der Waals surface area contributed by atoms with Crippen LogP contribution in [-0.4, -0.2) is 27.7 Å². The average Bonchev–Trinajstić information content (AvgIpc) is 3.06. The zero-order valence-electron chi connectivity index (χ0n) is 13.0. The van der Waals surface area contributed by atoms with Gasteiger partial charge < -0.3 is 15.2 Å². The molecular formula is C15H26N4O. The molecule has 20 heavy (non-hydrogen) atoms. The highest BCUT2D eigenvalue weighted by atomic mass is 16.2. The summed E-state index contributed by atoms with van der Waals surface area (Å²) in [6.07, 6.45) is 5.37. The number of nitrogens with zero attached hydrogens (tertiary/aromatic N) is 2. The normalized spacial score (nSPS) is 15.2. The first-order chi connectivity index (χ1) is 9.35. The second-order valence-corrected chi connectivity index (χ2v) is 6.75. The number of carbonyl (C=O) groups excluding carboxylic acids is 1. The van der Waals surface area contributed by atoms with Crippen molar-refractivity contribution in [2.24, 2.45) is 5.92 Å². The van der Waals surface area contributed by atoms with Crippen molar-refractivity contribution in [3.63, 3.8) is 0 Å². The summed E-state index contributed by atoms with van der Waals surface area (Å²) >= 11 is 0. The van der Waals surface area contributed by atoms with Crippen LogP contribution < -0.4 is 10.6 Å². The molecule has 2 amide bonds. The summed E-state index contributed by atoms with van der Waals surface area (Å²) in [7, 11) is 0. The van der Waals surface area contributed by atoms with Crippen molar-refractivity contribution < 1.29 is 4.79 Å². The number of hydrogen-bond donors (Lipinski definition) is 2. The largest absolute Gasteiger partial charge is 0.338 e. The van der Waals surface area contributed by atoms with Crippen LogP contribution in [0.5, 0.6) is 0 Å². The van der Waals surface area contributed by atoms with Crippen LogP contribution in [0.1, 0.15) is 45.1 Å². The minimum absolute atomic E-state index is 0.116. The Morgan fingerprint density at radius 3 is 2.75 bits per heavy atom. The number of urea groups is 1. The van der Waals surface area contributed by atoms with Gasteiger partial charge in [-0.3, -0.25) is 0 Å². The number of imidazole rings is 1. The van der Waals surface area contributed by atoms with Gasteiger partial charge in [0, 0.05) is 36.9 Å². The van der Waals surface area contributed by atoms with Crippen molar-refractivity contribution in [2.75, 3.05) is 6.54 Å². The average molecular weight is 278 g/mol. The molecule has 5 nitrogen and oxygen atoms in total. The van der Waals surface area contributed by atoms with E-state index < -0.39 is 0 Å². The van der Waals surface area contributed by atoms with Crippen LogP contribution in [0.3, 0.4) is 0 Å². The van der Waals surface area contributed by atoms with E-state index in [2.05, 4.69) is 27.1 Å². The van der Waals surface area contributed by atoms with Crippen molar-refractivity contribution in [2.45, 2.75) is 59.0 Å². The Morgan fingerprint density at radius 2 is 2.15 bits per heavy atom. The molecule has 5 heteroatoms. The minimum Gasteiger partial charge on any atom is -0.338 e. The predicted molar refractivity (Wildman–Crippen MR) is 79.7 cm³/mol. The quantitative estimate of drug-likeness (QED) is 0.868. The molecule has 0 aromatic carbocycles. The van der Waals surface area contributed by atoms with Crippen LogP contribution in [0.15, 0.2) is 6.20 Å². The van der Waals surface area contributed by atoms with Gasteiger partial charge in [-0.05, 0) is 46.5 Å². The highest BCUT2D eigenvalue weighted by Crippen LogP contribution is 2.31. The summed E-state index contributed by atoms with van der Waals surface area (Å²) in [5.74, 6) is 1.91. The Morgan fingerprint density at radius 1 is 1.45 bits per heavy atom. The Balaban J connectivity index is 1.80. The monoisotopic (exact) mass is 278 g/mol. The second kappa shape index (κ2) is 5.85. The van der Waals surface area contributed by atoms with E-state index >= 15 is 0 Å². The molecular weight excluding hydrogens is 252 g/mol. The molecule has 1 aromatic rings. The molecule has 2 rings (SSSR count). The van der Waals surface area contributed by atoms with Gasteiger partial charge in [0.2, 0.25) is 0 Å². The zero-order chi connectivity index (χ0) is 14.8. The van der Waals surface area contributed by atoms with Crippen LogP contribution in [0, 0.1) is 12.8 Å². The first-order valence-electron chi connectivity index (χ1n) is 7.42. The molecule has 0 aliphatic heterocycles. The Hall–Kier alpha value is -1.52. The van der Waals surface area contributed by atoms with Crippen molar-refractivity contribution >= 4 is 6.03 Å². The number of amides is 2. The summed E-state index contributed by atoms with van der Waals surface area (Å²) in [5.41, 5.74) is 1.01. The number of carbonyl (C=O) groups is 1. The number of hydrogen-bond acceptors (Lipinski definition) is 2. The standard InChI is InChI=1S/C15H26N4O/c1-11-9-17-13(19(11)10-12-5-6-12)7-8-16-14(20)18-15(2,3)4/h9,12H,5-8,10H2,1-4H3,(H2,16,18,20). The summed E-state index contributed by atoms with van der Waals surface area (Å²) in [4.78, 5) is 16.1. The third-order valence-electron chi connectivity index (χ3n) is 3.40. The van der Waals surface area contributed by atoms with E-state index in [1.54, 1.807) is 0 Å². The van der Waals surface area contributed by atoms with E-state index in [1.165, 1.54) is 18.5 Å². The molecule has 0 unspecified atom stereocenters. The third-order valence-corrected chi connectivity index (χ3v) is 3.40. The lowest BCUT2D eigenvalue weighted by molar-refractivity contribution is 0.232. The lowest BCUT2D eigenvalue weighted by atomic mass is 10.1. The van der Waals surface area contributed by atoms with Gasteiger partial charge in [-0.25, -0.2) is 9.78 Å². The molecule has 1 fully saturated rings. The Labute approximate surface area is 121 Å². The molecule has 1 aromatic heterocycles. The fourth-order valence-corrected chi connectivity index (χ4v) is 2.19. The van der Waals surface area contributed by atoms with E-state index in [0.717, 1.165) is 24.7 Å². The molecule has 1 heterocycles. The van der Waals surface area contributed by atoms with Crippen LogP contribution in [0.2, 0.25) is 0 Å². The van der Waals surface area contributed by atoms with E-state index in [-0.39, 0.29) is 11.6 Å². The van der Waals surface area contributed by atoms with Crippen LogP contribution in [-0.2, 0) is 13.0 Å². The Bertz CT molecular complexity index is 469. The van der Waals surface area contributed by atoms with Gasteiger partial charge in [0.25, 0.3) is 0 Å². The maximum atomic E-state index is 11.7. The van der Waals surface area contributed by atoms with Crippen LogP contribution in [0.25, 0.3) is 0 Å². The predicted octanol–water partition coefficient (Wildman–Crippen LogP) is 2.24. The smallest absolute Gasteiger partial charge is 0.315 e. The fourth-order valence-electron chi connectivity index (χ4n) is 2.19. The highest BCUT2D eigenvalue weighted by molar-refractivity contribution is 5.74. The third kappa shape index (κ3) is 4.54. The molecule has 112 valence electrons. The second-order valence-electron chi connectivity index (χ2n) is 6.75. The molecule has 0 bridgehead atoms. The van der Waals surface area contributed by atoms with Gasteiger partial charge in [-0.15, -0.1) is 0 Å². The zero-order valence-corrected chi connectivity index (χ0v) is 13.0. The molecule has 0 atom stereocenters. The summed E-state index contributed by atoms with van der Waals surface area (Å²) in [6, 6.07) is -0.116. The molecule has 1 aliphatic carbocycles. The minimum atomic E-state index is -0.203. The van der Waals surface area contributed by atoms with E-state index in [1.807, 2.05) is 27.0 Å². The molecule has 0 saturated heterocycles. The van der Waals surface area contributed by atoms with E-state index in [9.17, 15) is 4.79 Å². The highest BCUT2D eigenvalue weighted by Gasteiger charge is 2.23. The van der Waals surface area contributed by atoms with Gasteiger partial charge in [0.15, 0.2) is 0 Å². The van der Waals surface area contributed by atoms with Gasteiger partial charge in [-0.1, -0.05) is 0 Å². The molecule has 1 saturated carbocycles. The van der Waals surface area contributed by atoms with Gasteiger partial charge in [-0.2, -0.15) is 0 Å². The van der Waals surface area contributed by atoms with E-state index in [0.29, 0.717) is 6.54 Å². The number of aromatic nitrogens is 2. The van der Waals surface area contributed by atoms with Gasteiger partial charge in [0.1, 0.15) is 5.82 Å². The number of rotatable bonds is 5. The van der Waals surface area contributed by atoms with Crippen molar-refractivity contribution in [1.29, 1.82) is 0 Å². The molecule has 2 N–H and O–H groups in total. The van der Waals surface area contributed by atoms with E-state index in [4.69, 9.17) is 0 Å².